The first-order valence-corrected chi connectivity index (χ1v) is 4.53. The summed E-state index contributed by atoms with van der Waals surface area (Å²) < 4.78 is 0. The monoisotopic (exact) mass is 185 g/mol. The molecule has 0 atom stereocenters. The summed E-state index contributed by atoms with van der Waals surface area (Å²) in [6.07, 6.45) is 3.95. The molecule has 0 aliphatic carbocycles. The van der Waals surface area contributed by atoms with Crippen molar-refractivity contribution in [1.82, 2.24) is 16.0 Å². The summed E-state index contributed by atoms with van der Waals surface area (Å²) in [5.41, 5.74) is 6.24. The van der Waals surface area contributed by atoms with Gasteiger partial charge in [-0.3, -0.25) is 4.79 Å². The average Bonchev–Trinajstić information content (AvgIpc) is 2.15. The molecule has 0 unspecified atom stereocenters. The van der Waals surface area contributed by atoms with Crippen LogP contribution in [0.25, 0.3) is 0 Å². The fourth-order valence-electron chi connectivity index (χ4n) is 0.939. The molecule has 4 heteroatoms. The topological polar surface area (TPSA) is 44.4 Å². The standard InChI is InChI=1S/C9H19N3O/c1-5-6-7-8(2)9(13)12(10-3)11-4/h7,10-11H,5-6H2,1-4H3. The Morgan fingerprint density at radius 3 is 2.31 bits per heavy atom. The molecule has 0 fully saturated rings. The number of carbonyl (C=O) groups excluding carboxylic acids is 1. The summed E-state index contributed by atoms with van der Waals surface area (Å²) >= 11 is 0. The van der Waals surface area contributed by atoms with Gasteiger partial charge in [0.15, 0.2) is 0 Å². The molecule has 0 aromatic heterocycles. The van der Waals surface area contributed by atoms with E-state index in [1.807, 2.05) is 13.0 Å². The molecular formula is C9H19N3O. The van der Waals surface area contributed by atoms with Crippen LogP contribution in [0.5, 0.6) is 0 Å². The van der Waals surface area contributed by atoms with Gasteiger partial charge in [-0.2, -0.15) is 0 Å². The minimum Gasteiger partial charge on any atom is -0.267 e. The summed E-state index contributed by atoms with van der Waals surface area (Å²) in [4.78, 5) is 11.5. The van der Waals surface area contributed by atoms with Crippen LogP contribution < -0.4 is 10.9 Å². The Morgan fingerprint density at radius 2 is 1.92 bits per heavy atom. The van der Waals surface area contributed by atoms with Crippen LogP contribution in [0.4, 0.5) is 0 Å². The summed E-state index contributed by atoms with van der Waals surface area (Å²) in [6, 6.07) is 0. The Morgan fingerprint density at radius 1 is 1.38 bits per heavy atom. The first-order valence-electron chi connectivity index (χ1n) is 4.53. The zero-order valence-electron chi connectivity index (χ0n) is 8.85. The van der Waals surface area contributed by atoms with Crippen LogP contribution in [0.15, 0.2) is 11.6 Å². The molecule has 0 aliphatic rings. The lowest BCUT2D eigenvalue weighted by molar-refractivity contribution is -0.132. The number of unbranched alkanes of at least 4 members (excludes halogenated alkanes) is 1. The minimum absolute atomic E-state index is 0.0431. The number of hydrogen-bond donors (Lipinski definition) is 2. The molecule has 0 spiro atoms. The fourth-order valence-corrected chi connectivity index (χ4v) is 0.939. The number of rotatable bonds is 5. The van der Waals surface area contributed by atoms with Crippen molar-refractivity contribution < 1.29 is 4.79 Å². The maximum absolute atomic E-state index is 11.5. The van der Waals surface area contributed by atoms with Crippen LogP contribution in [-0.4, -0.2) is 25.1 Å². The van der Waals surface area contributed by atoms with Crippen molar-refractivity contribution >= 4 is 5.91 Å². The number of nitrogens with one attached hydrogen (secondary N) is 2. The maximum atomic E-state index is 11.5. The molecule has 0 bridgehead atoms. The second-order valence-corrected chi connectivity index (χ2v) is 2.76. The third-order valence-corrected chi connectivity index (χ3v) is 1.73. The molecule has 13 heavy (non-hydrogen) atoms. The van der Waals surface area contributed by atoms with Crippen LogP contribution in [0.3, 0.4) is 0 Å². The van der Waals surface area contributed by atoms with Gasteiger partial charge in [0.05, 0.1) is 0 Å². The van der Waals surface area contributed by atoms with E-state index >= 15 is 0 Å². The molecule has 0 saturated carbocycles. The summed E-state index contributed by atoms with van der Waals surface area (Å²) in [5.74, 6) is -0.0431. The number of amides is 1. The lowest BCUT2D eigenvalue weighted by Gasteiger charge is -2.19. The Hall–Kier alpha value is -0.870. The number of nitrogens with zero attached hydrogens (tertiary/aromatic N) is 1. The Labute approximate surface area is 79.9 Å². The van der Waals surface area contributed by atoms with Gasteiger partial charge in [-0.25, -0.2) is 16.0 Å². The van der Waals surface area contributed by atoms with E-state index in [0.29, 0.717) is 0 Å². The molecule has 76 valence electrons. The molecule has 0 aromatic rings. The SMILES string of the molecule is CCCC=C(C)C(=O)N(NC)NC. The Bertz CT molecular complexity index is 185. The van der Waals surface area contributed by atoms with Crippen molar-refractivity contribution in [2.45, 2.75) is 26.7 Å². The summed E-state index contributed by atoms with van der Waals surface area (Å²) in [6.45, 7) is 3.90. The van der Waals surface area contributed by atoms with Gasteiger partial charge in [-0.15, -0.1) is 0 Å². The summed E-state index contributed by atoms with van der Waals surface area (Å²) in [7, 11) is 3.39. The normalized spacial score (nSPS) is 11.5. The van der Waals surface area contributed by atoms with Gasteiger partial charge in [0, 0.05) is 19.7 Å². The van der Waals surface area contributed by atoms with Gasteiger partial charge < -0.3 is 0 Å². The molecule has 0 saturated heterocycles. The van der Waals surface area contributed by atoms with Crippen molar-refractivity contribution in [2.75, 3.05) is 14.1 Å². The van der Waals surface area contributed by atoms with Gasteiger partial charge in [0.25, 0.3) is 5.91 Å². The van der Waals surface area contributed by atoms with Gasteiger partial charge in [0.1, 0.15) is 0 Å². The van der Waals surface area contributed by atoms with Crippen LogP contribution in [0, 0.1) is 0 Å². The smallest absolute Gasteiger partial charge is 0.267 e. The second-order valence-electron chi connectivity index (χ2n) is 2.76. The van der Waals surface area contributed by atoms with Gasteiger partial charge in [-0.05, 0) is 13.3 Å². The van der Waals surface area contributed by atoms with Crippen LogP contribution in [-0.2, 0) is 4.79 Å². The molecule has 0 rings (SSSR count). The summed E-state index contributed by atoms with van der Waals surface area (Å²) in [5, 5.41) is 1.35. The third kappa shape index (κ3) is 4.05. The van der Waals surface area contributed by atoms with Gasteiger partial charge >= 0.3 is 0 Å². The average molecular weight is 185 g/mol. The molecule has 0 aliphatic heterocycles. The van der Waals surface area contributed by atoms with E-state index in [9.17, 15) is 4.79 Å². The first-order chi connectivity index (χ1) is 6.17. The Kier molecular flexibility index (Phi) is 6.18. The molecule has 0 radical (unpaired) electrons. The van der Waals surface area contributed by atoms with Gasteiger partial charge in [0.2, 0.25) is 0 Å². The van der Waals surface area contributed by atoms with E-state index in [1.165, 1.54) is 5.12 Å². The van der Waals surface area contributed by atoms with Crippen molar-refractivity contribution in [1.29, 1.82) is 0 Å². The molecule has 4 nitrogen and oxygen atoms in total. The third-order valence-electron chi connectivity index (χ3n) is 1.73. The Balaban J connectivity index is 4.22. The van der Waals surface area contributed by atoms with E-state index in [1.54, 1.807) is 14.1 Å². The number of hydrazine groups is 2. The quantitative estimate of drug-likeness (QED) is 0.492. The highest BCUT2D eigenvalue weighted by atomic mass is 16.2. The zero-order valence-corrected chi connectivity index (χ0v) is 8.85. The van der Waals surface area contributed by atoms with E-state index < -0.39 is 0 Å². The van der Waals surface area contributed by atoms with E-state index in [0.717, 1.165) is 18.4 Å². The van der Waals surface area contributed by atoms with E-state index in [2.05, 4.69) is 17.8 Å². The van der Waals surface area contributed by atoms with E-state index in [-0.39, 0.29) is 5.91 Å². The lowest BCUT2D eigenvalue weighted by Crippen LogP contribution is -2.48. The van der Waals surface area contributed by atoms with Crippen molar-refractivity contribution in [2.24, 2.45) is 0 Å². The van der Waals surface area contributed by atoms with Crippen LogP contribution in [0.2, 0.25) is 0 Å². The predicted octanol–water partition coefficient (Wildman–Crippen LogP) is 0.830. The fraction of sp³-hybridized carbons (Fsp3) is 0.667. The molecular weight excluding hydrogens is 166 g/mol. The van der Waals surface area contributed by atoms with Crippen LogP contribution in [0.1, 0.15) is 26.7 Å². The highest BCUT2D eigenvalue weighted by Gasteiger charge is 2.10. The number of carbonyl (C=O) groups is 1. The number of hydrogen-bond acceptors (Lipinski definition) is 3. The zero-order chi connectivity index (χ0) is 10.3. The highest BCUT2D eigenvalue weighted by Crippen LogP contribution is 2.00. The first kappa shape index (κ1) is 12.1. The van der Waals surface area contributed by atoms with Crippen molar-refractivity contribution in [3.8, 4) is 0 Å². The molecule has 2 N–H and O–H groups in total. The molecule has 1 amide bonds. The van der Waals surface area contributed by atoms with Gasteiger partial charge in [-0.1, -0.05) is 19.4 Å². The van der Waals surface area contributed by atoms with Crippen LogP contribution >= 0.6 is 0 Å². The van der Waals surface area contributed by atoms with E-state index in [4.69, 9.17) is 0 Å². The lowest BCUT2D eigenvalue weighted by atomic mass is 10.2. The van der Waals surface area contributed by atoms with Crippen molar-refractivity contribution in [3.05, 3.63) is 11.6 Å². The maximum Gasteiger partial charge on any atom is 0.278 e. The second kappa shape index (κ2) is 6.62. The minimum atomic E-state index is -0.0431. The predicted molar refractivity (Wildman–Crippen MR) is 53.6 cm³/mol. The molecule has 0 heterocycles. The molecule has 0 aromatic carbocycles. The number of allylic oxidation sites excluding steroid dienone is 1. The largest absolute Gasteiger partial charge is 0.278 e. The van der Waals surface area contributed by atoms with Crippen molar-refractivity contribution in [3.63, 3.8) is 0 Å². The highest BCUT2D eigenvalue weighted by molar-refractivity contribution is 5.92.